The molecule has 0 radical (unpaired) electrons. The van der Waals surface area contributed by atoms with Gasteiger partial charge < -0.3 is 0 Å². The summed E-state index contributed by atoms with van der Waals surface area (Å²) in [5, 5.41) is 0. The largest absolute Gasteiger partial charge is 0.0654 e. The topological polar surface area (TPSA) is 0 Å². The Morgan fingerprint density at radius 3 is 1.93 bits per heavy atom. The van der Waals surface area contributed by atoms with Crippen LogP contribution in [0.15, 0.2) is 0 Å². The molecule has 0 fully saturated rings. The number of hydrogen-bond acceptors (Lipinski definition) is 0. The van der Waals surface area contributed by atoms with Gasteiger partial charge in [0.25, 0.3) is 0 Å². The van der Waals surface area contributed by atoms with E-state index in [0.717, 1.165) is 11.8 Å². The molecule has 0 aliphatic carbocycles. The highest BCUT2D eigenvalue weighted by Crippen LogP contribution is 2.31. The van der Waals surface area contributed by atoms with Crippen molar-refractivity contribution in [3.63, 3.8) is 0 Å². The lowest BCUT2D eigenvalue weighted by molar-refractivity contribution is 0.256. The summed E-state index contributed by atoms with van der Waals surface area (Å²) in [4.78, 5) is 0. The Morgan fingerprint density at radius 2 is 1.53 bits per heavy atom. The highest BCUT2D eigenvalue weighted by atomic mass is 14.2. The molecule has 0 spiro atoms. The van der Waals surface area contributed by atoms with Gasteiger partial charge in [-0.1, -0.05) is 73.6 Å². The lowest BCUT2D eigenvalue weighted by atomic mass is 9.80. The molecule has 0 heterocycles. The molecule has 0 nitrogen and oxygen atoms in total. The minimum Gasteiger partial charge on any atom is -0.0654 e. The Hall–Kier alpha value is 0. The quantitative estimate of drug-likeness (QED) is 0.510. The van der Waals surface area contributed by atoms with Crippen molar-refractivity contribution in [1.29, 1.82) is 0 Å². The SMILES string of the molecule is CCCCC(CCC(C)C)CC(C)(C)C. The summed E-state index contributed by atoms with van der Waals surface area (Å²) >= 11 is 0. The highest BCUT2D eigenvalue weighted by molar-refractivity contribution is 4.70. The second-order valence-corrected chi connectivity index (χ2v) is 6.74. The Labute approximate surface area is 97.8 Å². The fourth-order valence-electron chi connectivity index (χ4n) is 2.28. The minimum atomic E-state index is 0.509. The van der Waals surface area contributed by atoms with Crippen LogP contribution in [-0.4, -0.2) is 0 Å². The molecule has 0 aromatic heterocycles. The monoisotopic (exact) mass is 212 g/mol. The third-order valence-electron chi connectivity index (χ3n) is 3.02. The van der Waals surface area contributed by atoms with Crippen molar-refractivity contribution in [2.45, 2.75) is 80.1 Å². The maximum Gasteiger partial charge on any atom is -0.0380 e. The summed E-state index contributed by atoms with van der Waals surface area (Å²) < 4.78 is 0. The molecule has 0 aliphatic heterocycles. The van der Waals surface area contributed by atoms with Gasteiger partial charge in [0.15, 0.2) is 0 Å². The normalized spacial score (nSPS) is 14.6. The van der Waals surface area contributed by atoms with Crippen LogP contribution in [0.3, 0.4) is 0 Å². The molecular formula is C15H32. The van der Waals surface area contributed by atoms with Crippen LogP contribution >= 0.6 is 0 Å². The Kier molecular flexibility index (Phi) is 7.30. The van der Waals surface area contributed by atoms with E-state index in [1.54, 1.807) is 0 Å². The van der Waals surface area contributed by atoms with E-state index >= 15 is 0 Å². The van der Waals surface area contributed by atoms with Crippen LogP contribution in [-0.2, 0) is 0 Å². The molecule has 0 saturated carbocycles. The Morgan fingerprint density at radius 1 is 0.933 bits per heavy atom. The zero-order valence-electron chi connectivity index (χ0n) is 11.9. The van der Waals surface area contributed by atoms with Gasteiger partial charge in [-0.15, -0.1) is 0 Å². The molecule has 0 rings (SSSR count). The first-order valence-corrected chi connectivity index (χ1v) is 6.85. The van der Waals surface area contributed by atoms with Crippen molar-refractivity contribution in [3.05, 3.63) is 0 Å². The smallest absolute Gasteiger partial charge is 0.0380 e. The second-order valence-electron chi connectivity index (χ2n) is 6.74. The van der Waals surface area contributed by atoms with Gasteiger partial charge in [-0.3, -0.25) is 0 Å². The fourth-order valence-corrected chi connectivity index (χ4v) is 2.28. The van der Waals surface area contributed by atoms with Crippen LogP contribution < -0.4 is 0 Å². The zero-order valence-corrected chi connectivity index (χ0v) is 11.9. The van der Waals surface area contributed by atoms with Crippen molar-refractivity contribution in [2.24, 2.45) is 17.3 Å². The summed E-state index contributed by atoms with van der Waals surface area (Å²) in [5.41, 5.74) is 0.509. The first-order valence-electron chi connectivity index (χ1n) is 6.85. The minimum absolute atomic E-state index is 0.509. The van der Waals surface area contributed by atoms with E-state index in [4.69, 9.17) is 0 Å². The summed E-state index contributed by atoms with van der Waals surface area (Å²) in [7, 11) is 0. The van der Waals surface area contributed by atoms with Crippen LogP contribution in [0, 0.1) is 17.3 Å². The summed E-state index contributed by atoms with van der Waals surface area (Å²) in [6.07, 6.45) is 8.46. The molecule has 0 aromatic rings. The molecule has 0 aliphatic rings. The predicted octanol–water partition coefficient (Wildman–Crippen LogP) is 5.67. The van der Waals surface area contributed by atoms with Crippen molar-refractivity contribution in [2.75, 3.05) is 0 Å². The standard InChI is InChI=1S/C15H32/c1-7-8-9-14(11-10-13(2)3)12-15(4,5)6/h13-14H,7-12H2,1-6H3. The molecule has 15 heavy (non-hydrogen) atoms. The van der Waals surface area contributed by atoms with Gasteiger partial charge in [-0.25, -0.2) is 0 Å². The van der Waals surface area contributed by atoms with Crippen LogP contribution in [0.1, 0.15) is 80.1 Å². The van der Waals surface area contributed by atoms with Crippen LogP contribution in [0.2, 0.25) is 0 Å². The Balaban J connectivity index is 3.95. The zero-order chi connectivity index (χ0) is 11.9. The third kappa shape index (κ3) is 10.3. The van der Waals surface area contributed by atoms with E-state index in [0.29, 0.717) is 5.41 Å². The third-order valence-corrected chi connectivity index (χ3v) is 3.02. The van der Waals surface area contributed by atoms with E-state index in [1.165, 1.54) is 38.5 Å². The van der Waals surface area contributed by atoms with Gasteiger partial charge >= 0.3 is 0 Å². The van der Waals surface area contributed by atoms with Crippen molar-refractivity contribution >= 4 is 0 Å². The van der Waals surface area contributed by atoms with E-state index in [1.807, 2.05) is 0 Å². The average Bonchev–Trinajstić information content (AvgIpc) is 2.07. The van der Waals surface area contributed by atoms with Gasteiger partial charge in [0.1, 0.15) is 0 Å². The molecule has 0 saturated heterocycles. The Bertz CT molecular complexity index is 139. The van der Waals surface area contributed by atoms with Crippen molar-refractivity contribution in [3.8, 4) is 0 Å². The molecule has 0 bridgehead atoms. The number of unbranched alkanes of at least 4 members (excludes halogenated alkanes) is 1. The first-order chi connectivity index (χ1) is 6.85. The molecular weight excluding hydrogens is 180 g/mol. The van der Waals surface area contributed by atoms with Gasteiger partial charge in [-0.2, -0.15) is 0 Å². The maximum atomic E-state index is 2.38. The lowest BCUT2D eigenvalue weighted by Crippen LogP contribution is -2.14. The molecule has 0 aromatic carbocycles. The van der Waals surface area contributed by atoms with Gasteiger partial charge in [0.05, 0.1) is 0 Å². The van der Waals surface area contributed by atoms with Crippen LogP contribution in [0.5, 0.6) is 0 Å². The summed E-state index contributed by atoms with van der Waals surface area (Å²) in [6.45, 7) is 14.1. The molecule has 1 unspecified atom stereocenters. The summed E-state index contributed by atoms with van der Waals surface area (Å²) in [5.74, 6) is 1.83. The number of rotatable bonds is 7. The van der Waals surface area contributed by atoms with Crippen molar-refractivity contribution in [1.82, 2.24) is 0 Å². The first kappa shape index (κ1) is 15.0. The van der Waals surface area contributed by atoms with E-state index in [9.17, 15) is 0 Å². The van der Waals surface area contributed by atoms with E-state index in [-0.39, 0.29) is 0 Å². The molecule has 0 heteroatoms. The van der Waals surface area contributed by atoms with Crippen LogP contribution in [0.4, 0.5) is 0 Å². The molecule has 0 N–H and O–H groups in total. The van der Waals surface area contributed by atoms with Crippen LogP contribution in [0.25, 0.3) is 0 Å². The maximum absolute atomic E-state index is 2.38. The van der Waals surface area contributed by atoms with Gasteiger partial charge in [-0.05, 0) is 23.7 Å². The number of hydrogen-bond donors (Lipinski definition) is 0. The predicted molar refractivity (Wildman–Crippen MR) is 71.2 cm³/mol. The van der Waals surface area contributed by atoms with E-state index in [2.05, 4.69) is 41.5 Å². The molecule has 92 valence electrons. The second kappa shape index (κ2) is 7.30. The molecule has 1 atom stereocenters. The average molecular weight is 212 g/mol. The summed E-state index contributed by atoms with van der Waals surface area (Å²) in [6, 6.07) is 0. The fraction of sp³-hybridized carbons (Fsp3) is 1.00. The molecule has 0 amide bonds. The van der Waals surface area contributed by atoms with Gasteiger partial charge in [0, 0.05) is 0 Å². The lowest BCUT2D eigenvalue weighted by Gasteiger charge is -2.26. The van der Waals surface area contributed by atoms with Crippen molar-refractivity contribution < 1.29 is 0 Å². The highest BCUT2D eigenvalue weighted by Gasteiger charge is 2.18. The van der Waals surface area contributed by atoms with Gasteiger partial charge in [0.2, 0.25) is 0 Å². The van der Waals surface area contributed by atoms with E-state index < -0.39 is 0 Å².